The Bertz CT molecular complexity index is 681. The number of nitrogens with one attached hydrogen (secondary N) is 1. The zero-order valence-corrected chi connectivity index (χ0v) is 12.4. The molecule has 1 N–H and O–H groups in total. The van der Waals surface area contributed by atoms with Crippen LogP contribution in [0.3, 0.4) is 0 Å². The van der Waals surface area contributed by atoms with E-state index < -0.39 is 10.9 Å². The zero-order chi connectivity index (χ0) is 15.4. The van der Waals surface area contributed by atoms with Crippen LogP contribution < -0.4 is 5.32 Å². The minimum atomic E-state index is -0.418. The summed E-state index contributed by atoms with van der Waals surface area (Å²) in [7, 11) is 1.33. The number of benzene rings is 1. The lowest BCUT2D eigenvalue weighted by molar-refractivity contribution is -0.380. The van der Waals surface area contributed by atoms with Crippen LogP contribution in [0.5, 0.6) is 0 Å². The molecule has 0 bridgehead atoms. The van der Waals surface area contributed by atoms with Crippen LogP contribution in [0.1, 0.15) is 20.8 Å². The maximum Gasteiger partial charge on any atom is 0.339 e. The fourth-order valence-electron chi connectivity index (χ4n) is 1.83. The summed E-state index contributed by atoms with van der Waals surface area (Å²) in [4.78, 5) is 22.8. The Morgan fingerprint density at radius 1 is 1.38 bits per heavy atom. The molecule has 21 heavy (non-hydrogen) atoms. The Kier molecular flexibility index (Phi) is 4.54. The molecule has 0 fully saturated rings. The van der Waals surface area contributed by atoms with Gasteiger partial charge in [0.05, 0.1) is 17.6 Å². The van der Waals surface area contributed by atoms with Crippen molar-refractivity contribution >= 4 is 28.0 Å². The number of aryl methyl sites for hydroxylation is 1. The van der Waals surface area contributed by atoms with Gasteiger partial charge in [0.2, 0.25) is 0 Å². The van der Waals surface area contributed by atoms with Crippen LogP contribution in [-0.2, 0) is 11.3 Å². The molecule has 0 atom stereocenters. The van der Waals surface area contributed by atoms with Crippen LogP contribution in [0.15, 0.2) is 30.3 Å². The second-order valence-electron chi connectivity index (χ2n) is 4.39. The number of nitrogens with zero attached hydrogens (tertiary/aromatic N) is 1. The van der Waals surface area contributed by atoms with E-state index in [4.69, 9.17) is 4.74 Å². The first-order valence-electron chi connectivity index (χ1n) is 6.17. The maximum absolute atomic E-state index is 11.7. The average Bonchev–Trinajstić information content (AvgIpc) is 2.94. The predicted molar refractivity (Wildman–Crippen MR) is 80.8 cm³/mol. The fraction of sp³-hybridized carbons (Fsp3) is 0.214. The Morgan fingerprint density at radius 3 is 2.76 bits per heavy atom. The van der Waals surface area contributed by atoms with E-state index in [1.54, 1.807) is 18.2 Å². The minimum Gasteiger partial charge on any atom is -0.465 e. The van der Waals surface area contributed by atoms with Gasteiger partial charge in [-0.2, -0.15) is 0 Å². The zero-order valence-electron chi connectivity index (χ0n) is 11.6. The molecule has 0 radical (unpaired) electrons. The standard InChI is InChI=1S/C14H14N2O4S/c1-9-3-5-12(11(7-9)14(17)20-2)15-8-10-4-6-13(21-10)16(18)19/h3-7,15H,8H2,1-2H3. The van der Waals surface area contributed by atoms with Gasteiger partial charge in [0.1, 0.15) is 0 Å². The van der Waals surface area contributed by atoms with Crippen molar-refractivity contribution in [3.8, 4) is 0 Å². The van der Waals surface area contributed by atoms with Crippen LogP contribution in [0, 0.1) is 17.0 Å². The summed E-state index contributed by atoms with van der Waals surface area (Å²) in [6.45, 7) is 2.30. The SMILES string of the molecule is COC(=O)c1cc(C)ccc1NCc1ccc([N+](=O)[O-])s1. The van der Waals surface area contributed by atoms with E-state index in [0.29, 0.717) is 17.8 Å². The highest BCUT2D eigenvalue weighted by molar-refractivity contribution is 7.15. The third kappa shape index (κ3) is 3.57. The molecular formula is C14H14N2O4S. The van der Waals surface area contributed by atoms with Gasteiger partial charge in [0, 0.05) is 23.2 Å². The van der Waals surface area contributed by atoms with Crippen molar-refractivity contribution in [1.82, 2.24) is 0 Å². The van der Waals surface area contributed by atoms with Gasteiger partial charge in [-0.3, -0.25) is 10.1 Å². The lowest BCUT2D eigenvalue weighted by Crippen LogP contribution is -2.08. The van der Waals surface area contributed by atoms with Crippen LogP contribution in [0.4, 0.5) is 10.7 Å². The fourth-order valence-corrected chi connectivity index (χ4v) is 2.59. The summed E-state index contributed by atoms with van der Waals surface area (Å²) in [5.74, 6) is -0.418. The van der Waals surface area contributed by atoms with E-state index in [-0.39, 0.29) is 5.00 Å². The molecule has 2 aromatic rings. The van der Waals surface area contributed by atoms with E-state index in [9.17, 15) is 14.9 Å². The van der Waals surface area contributed by atoms with Crippen molar-refractivity contribution < 1.29 is 14.5 Å². The quantitative estimate of drug-likeness (QED) is 0.520. The number of rotatable bonds is 5. The van der Waals surface area contributed by atoms with E-state index in [1.165, 1.54) is 13.2 Å². The van der Waals surface area contributed by atoms with E-state index in [0.717, 1.165) is 21.8 Å². The number of anilines is 1. The summed E-state index contributed by atoms with van der Waals surface area (Å²) in [5.41, 5.74) is 2.04. The lowest BCUT2D eigenvalue weighted by atomic mass is 10.1. The van der Waals surface area contributed by atoms with Crippen molar-refractivity contribution in [3.05, 3.63) is 56.5 Å². The molecule has 1 heterocycles. The van der Waals surface area contributed by atoms with Gasteiger partial charge in [-0.15, -0.1) is 0 Å². The first-order chi connectivity index (χ1) is 10.0. The number of esters is 1. The highest BCUT2D eigenvalue weighted by Gasteiger charge is 2.13. The summed E-state index contributed by atoms with van der Waals surface area (Å²) in [6, 6.07) is 8.58. The molecule has 0 aliphatic heterocycles. The number of hydrogen-bond donors (Lipinski definition) is 1. The first-order valence-corrected chi connectivity index (χ1v) is 6.99. The summed E-state index contributed by atoms with van der Waals surface area (Å²) in [6.07, 6.45) is 0. The Labute approximate surface area is 125 Å². The molecule has 110 valence electrons. The molecule has 0 aliphatic rings. The second-order valence-corrected chi connectivity index (χ2v) is 5.54. The number of methoxy groups -OCH3 is 1. The maximum atomic E-state index is 11.7. The number of nitro groups is 1. The number of thiophene rings is 1. The lowest BCUT2D eigenvalue weighted by Gasteiger charge is -2.10. The highest BCUT2D eigenvalue weighted by Crippen LogP contribution is 2.25. The van der Waals surface area contributed by atoms with Crippen LogP contribution in [0.2, 0.25) is 0 Å². The highest BCUT2D eigenvalue weighted by atomic mass is 32.1. The number of carbonyl (C=O) groups excluding carboxylic acids is 1. The monoisotopic (exact) mass is 306 g/mol. The van der Waals surface area contributed by atoms with E-state index in [2.05, 4.69) is 5.32 Å². The first kappa shape index (κ1) is 15.0. The number of carbonyl (C=O) groups is 1. The van der Waals surface area contributed by atoms with Crippen molar-refractivity contribution in [2.45, 2.75) is 13.5 Å². The number of hydrogen-bond acceptors (Lipinski definition) is 6. The molecule has 0 saturated carbocycles. The molecule has 1 aromatic carbocycles. The molecule has 0 aliphatic carbocycles. The topological polar surface area (TPSA) is 81.5 Å². The van der Waals surface area contributed by atoms with Crippen molar-refractivity contribution in [3.63, 3.8) is 0 Å². The van der Waals surface area contributed by atoms with Gasteiger partial charge < -0.3 is 10.1 Å². The van der Waals surface area contributed by atoms with Gasteiger partial charge in [-0.05, 0) is 25.1 Å². The van der Waals surface area contributed by atoms with Crippen molar-refractivity contribution in [1.29, 1.82) is 0 Å². The van der Waals surface area contributed by atoms with E-state index >= 15 is 0 Å². The van der Waals surface area contributed by atoms with E-state index in [1.807, 2.05) is 13.0 Å². The van der Waals surface area contributed by atoms with Crippen LogP contribution in [0.25, 0.3) is 0 Å². The third-order valence-electron chi connectivity index (χ3n) is 2.86. The Hall–Kier alpha value is -2.41. The molecule has 0 amide bonds. The summed E-state index contributed by atoms with van der Waals surface area (Å²) in [5, 5.41) is 13.9. The smallest absolute Gasteiger partial charge is 0.339 e. The molecule has 0 unspecified atom stereocenters. The van der Waals surface area contributed by atoms with Gasteiger partial charge in [-0.1, -0.05) is 23.0 Å². The molecule has 2 rings (SSSR count). The molecule has 0 spiro atoms. The largest absolute Gasteiger partial charge is 0.465 e. The normalized spacial score (nSPS) is 10.2. The van der Waals surface area contributed by atoms with Crippen LogP contribution >= 0.6 is 11.3 Å². The molecular weight excluding hydrogens is 292 g/mol. The molecule has 1 aromatic heterocycles. The summed E-state index contributed by atoms with van der Waals surface area (Å²) >= 11 is 1.11. The van der Waals surface area contributed by atoms with Gasteiger partial charge in [0.25, 0.3) is 0 Å². The third-order valence-corrected chi connectivity index (χ3v) is 3.90. The van der Waals surface area contributed by atoms with Crippen molar-refractivity contribution in [2.75, 3.05) is 12.4 Å². The van der Waals surface area contributed by atoms with Crippen molar-refractivity contribution in [2.24, 2.45) is 0 Å². The summed E-state index contributed by atoms with van der Waals surface area (Å²) < 4.78 is 4.75. The molecule has 6 nitrogen and oxygen atoms in total. The Balaban J connectivity index is 2.15. The minimum absolute atomic E-state index is 0.101. The van der Waals surface area contributed by atoms with Gasteiger partial charge >= 0.3 is 11.0 Å². The van der Waals surface area contributed by atoms with Crippen LogP contribution in [-0.4, -0.2) is 18.0 Å². The Morgan fingerprint density at radius 2 is 2.14 bits per heavy atom. The van der Waals surface area contributed by atoms with Gasteiger partial charge in [0.15, 0.2) is 0 Å². The second kappa shape index (κ2) is 6.36. The molecule has 7 heteroatoms. The molecule has 0 saturated heterocycles. The number of ether oxygens (including phenoxy) is 1. The van der Waals surface area contributed by atoms with Gasteiger partial charge in [-0.25, -0.2) is 4.79 Å². The average molecular weight is 306 g/mol. The predicted octanol–water partition coefficient (Wildman–Crippen LogP) is 3.36.